The van der Waals surface area contributed by atoms with Crippen molar-refractivity contribution in [2.24, 2.45) is 13.0 Å². The van der Waals surface area contributed by atoms with E-state index < -0.39 is 9.84 Å². The summed E-state index contributed by atoms with van der Waals surface area (Å²) >= 11 is 0. The molecule has 5 heterocycles. The molecular formula is C27H36N8O3S. The molecule has 0 unspecified atom stereocenters. The first kappa shape index (κ1) is 26.1. The molecule has 1 aromatic carbocycles. The lowest BCUT2D eigenvalue weighted by molar-refractivity contribution is 0.122. The highest BCUT2D eigenvalue weighted by Gasteiger charge is 2.26. The van der Waals surface area contributed by atoms with Gasteiger partial charge in [-0.05, 0) is 50.9 Å². The smallest absolute Gasteiger partial charge is 0.239 e. The topological polar surface area (TPSA) is 111 Å². The van der Waals surface area contributed by atoms with Gasteiger partial charge in [0.15, 0.2) is 17.0 Å². The van der Waals surface area contributed by atoms with Gasteiger partial charge in [-0.15, -0.1) is 0 Å². The molecule has 2 saturated heterocycles. The number of fused-ring (bicyclic) bond motifs is 2. The van der Waals surface area contributed by atoms with Gasteiger partial charge in [0.1, 0.15) is 21.5 Å². The highest BCUT2D eigenvalue weighted by atomic mass is 32.2. The van der Waals surface area contributed by atoms with Gasteiger partial charge in [-0.1, -0.05) is 12.1 Å². The van der Waals surface area contributed by atoms with Crippen LogP contribution in [0.2, 0.25) is 0 Å². The van der Waals surface area contributed by atoms with E-state index in [0.29, 0.717) is 31.6 Å². The maximum atomic E-state index is 11.6. The summed E-state index contributed by atoms with van der Waals surface area (Å²) in [6.07, 6.45) is 4.22. The quantitative estimate of drug-likeness (QED) is 0.340. The fourth-order valence-corrected chi connectivity index (χ4v) is 6.31. The zero-order valence-corrected chi connectivity index (χ0v) is 23.7. The standard InChI is InChI=1S/C27H36N8O3S/c1-19-28-21-6-4-5-7-22(21)35(19)27-30-25-24(26(31-27)34-12-15-38-16-13-34)29-23(32(25)2)18-20-8-10-33(11-9-20)14-17-39(3,36)37/h4-7,20H,8-18H2,1-3H3. The van der Waals surface area contributed by atoms with Gasteiger partial charge in [-0.3, -0.25) is 4.57 Å². The van der Waals surface area contributed by atoms with Crippen LogP contribution >= 0.6 is 0 Å². The van der Waals surface area contributed by atoms with Crippen LogP contribution in [-0.2, 0) is 28.0 Å². The molecule has 0 spiro atoms. The second kappa shape index (κ2) is 10.5. The van der Waals surface area contributed by atoms with Crippen molar-refractivity contribution < 1.29 is 13.2 Å². The number of sulfone groups is 1. The number of anilines is 1. The zero-order valence-electron chi connectivity index (χ0n) is 22.9. The summed E-state index contributed by atoms with van der Waals surface area (Å²) in [5.74, 6) is 4.01. The summed E-state index contributed by atoms with van der Waals surface area (Å²) in [6.45, 7) is 7.26. The van der Waals surface area contributed by atoms with Crippen LogP contribution in [0.5, 0.6) is 0 Å². The lowest BCUT2D eigenvalue weighted by atomic mass is 9.93. The minimum Gasteiger partial charge on any atom is -0.378 e. The molecule has 0 aliphatic carbocycles. The number of likely N-dealkylation sites (tertiary alicyclic amines) is 1. The first-order chi connectivity index (χ1) is 18.8. The minimum absolute atomic E-state index is 0.222. The number of rotatable bonds is 7. The van der Waals surface area contributed by atoms with Gasteiger partial charge in [-0.25, -0.2) is 18.4 Å². The van der Waals surface area contributed by atoms with Crippen LogP contribution in [0.4, 0.5) is 5.82 Å². The number of nitrogens with zero attached hydrogens (tertiary/aromatic N) is 8. The molecule has 4 aromatic rings. The number of piperidine rings is 1. The Morgan fingerprint density at radius 1 is 1.00 bits per heavy atom. The molecule has 2 aliphatic rings. The predicted octanol–water partition coefficient (Wildman–Crippen LogP) is 2.15. The average molecular weight is 553 g/mol. The number of aryl methyl sites for hydroxylation is 2. The molecular weight excluding hydrogens is 516 g/mol. The number of ether oxygens (including phenoxy) is 1. The number of imidazole rings is 2. The summed E-state index contributed by atoms with van der Waals surface area (Å²) < 4.78 is 32.9. The summed E-state index contributed by atoms with van der Waals surface area (Å²) in [6, 6.07) is 8.06. The Kier molecular flexibility index (Phi) is 7.02. The largest absolute Gasteiger partial charge is 0.378 e. The van der Waals surface area contributed by atoms with E-state index in [9.17, 15) is 8.42 Å². The molecule has 208 valence electrons. The summed E-state index contributed by atoms with van der Waals surface area (Å²) in [5.41, 5.74) is 3.54. The Balaban J connectivity index is 1.33. The molecule has 6 rings (SSSR count). The van der Waals surface area contributed by atoms with Gasteiger partial charge < -0.3 is 19.1 Å². The van der Waals surface area contributed by atoms with E-state index in [1.54, 1.807) is 0 Å². The fourth-order valence-electron chi connectivity index (χ4n) is 5.72. The van der Waals surface area contributed by atoms with E-state index in [1.165, 1.54) is 6.26 Å². The molecule has 0 radical (unpaired) electrons. The number of hydrogen-bond acceptors (Lipinski definition) is 9. The highest BCUT2D eigenvalue weighted by molar-refractivity contribution is 7.90. The molecule has 39 heavy (non-hydrogen) atoms. The van der Waals surface area contributed by atoms with Crippen LogP contribution in [0, 0.1) is 12.8 Å². The Morgan fingerprint density at radius 2 is 1.74 bits per heavy atom. The van der Waals surface area contributed by atoms with Crippen LogP contribution in [0.25, 0.3) is 28.1 Å². The van der Waals surface area contributed by atoms with Crippen molar-refractivity contribution in [3.8, 4) is 5.95 Å². The second-order valence-electron chi connectivity index (χ2n) is 10.8. The minimum atomic E-state index is -2.94. The maximum Gasteiger partial charge on any atom is 0.239 e. The van der Waals surface area contributed by atoms with Gasteiger partial charge in [0.05, 0.1) is 30.0 Å². The number of para-hydroxylation sites is 2. The summed E-state index contributed by atoms with van der Waals surface area (Å²) in [4.78, 5) is 24.5. The first-order valence-electron chi connectivity index (χ1n) is 13.7. The highest BCUT2D eigenvalue weighted by Crippen LogP contribution is 2.30. The lowest BCUT2D eigenvalue weighted by Crippen LogP contribution is -2.37. The third-order valence-corrected chi connectivity index (χ3v) is 8.90. The van der Waals surface area contributed by atoms with Crippen molar-refractivity contribution in [1.82, 2.24) is 34.0 Å². The molecule has 11 nitrogen and oxygen atoms in total. The molecule has 0 bridgehead atoms. The molecule has 0 saturated carbocycles. The predicted molar refractivity (Wildman–Crippen MR) is 151 cm³/mol. The monoisotopic (exact) mass is 552 g/mol. The van der Waals surface area contributed by atoms with Crippen LogP contribution in [-0.4, -0.2) is 100 Å². The van der Waals surface area contributed by atoms with Crippen molar-refractivity contribution in [2.45, 2.75) is 26.2 Å². The van der Waals surface area contributed by atoms with E-state index in [-0.39, 0.29) is 5.75 Å². The van der Waals surface area contributed by atoms with Crippen LogP contribution in [0.1, 0.15) is 24.5 Å². The maximum absolute atomic E-state index is 11.6. The number of morpholine rings is 1. The normalized spacial score (nSPS) is 18.0. The molecule has 2 aliphatic heterocycles. The third kappa shape index (κ3) is 5.37. The van der Waals surface area contributed by atoms with Gasteiger partial charge in [0.2, 0.25) is 5.95 Å². The van der Waals surface area contributed by atoms with E-state index in [4.69, 9.17) is 24.7 Å². The van der Waals surface area contributed by atoms with Gasteiger partial charge in [0, 0.05) is 39.4 Å². The fraction of sp³-hybridized carbons (Fsp3) is 0.556. The van der Waals surface area contributed by atoms with E-state index in [2.05, 4.69) is 14.4 Å². The second-order valence-corrected chi connectivity index (χ2v) is 13.1. The third-order valence-electron chi connectivity index (χ3n) is 7.98. The van der Waals surface area contributed by atoms with Gasteiger partial charge in [0.25, 0.3) is 0 Å². The first-order valence-corrected chi connectivity index (χ1v) is 15.7. The lowest BCUT2D eigenvalue weighted by Gasteiger charge is -2.31. The van der Waals surface area contributed by atoms with Crippen LogP contribution in [0.15, 0.2) is 24.3 Å². The molecule has 0 amide bonds. The Hall–Kier alpha value is -3.09. The Bertz CT molecular complexity index is 1600. The van der Waals surface area contributed by atoms with Crippen molar-refractivity contribution in [3.05, 3.63) is 35.9 Å². The average Bonchev–Trinajstić information content (AvgIpc) is 3.43. The molecule has 12 heteroatoms. The van der Waals surface area contributed by atoms with Crippen LogP contribution in [0.3, 0.4) is 0 Å². The zero-order chi connectivity index (χ0) is 27.1. The summed E-state index contributed by atoms with van der Waals surface area (Å²) in [5, 5.41) is 0. The van der Waals surface area contributed by atoms with Crippen LogP contribution < -0.4 is 4.90 Å². The van der Waals surface area contributed by atoms with Crippen molar-refractivity contribution >= 4 is 37.9 Å². The van der Waals surface area contributed by atoms with Crippen molar-refractivity contribution in [2.75, 3.05) is 62.8 Å². The number of benzene rings is 1. The molecule has 0 N–H and O–H groups in total. The van der Waals surface area contributed by atoms with E-state index in [0.717, 1.165) is 85.1 Å². The van der Waals surface area contributed by atoms with Gasteiger partial charge in [-0.2, -0.15) is 9.97 Å². The Morgan fingerprint density at radius 3 is 2.49 bits per heavy atom. The SMILES string of the molecule is Cc1nc2ccccc2n1-c1nc(N2CCOCC2)c2nc(CC3CCN(CCS(C)(=O)=O)CC3)n(C)c2n1. The van der Waals surface area contributed by atoms with Crippen molar-refractivity contribution in [3.63, 3.8) is 0 Å². The number of aromatic nitrogens is 6. The molecule has 0 atom stereocenters. The van der Waals surface area contributed by atoms with E-state index >= 15 is 0 Å². The summed E-state index contributed by atoms with van der Waals surface area (Å²) in [7, 11) is -0.894. The molecule has 2 fully saturated rings. The molecule has 3 aromatic heterocycles. The van der Waals surface area contributed by atoms with E-state index in [1.807, 2.05) is 42.8 Å². The van der Waals surface area contributed by atoms with Crippen molar-refractivity contribution in [1.29, 1.82) is 0 Å². The number of hydrogen-bond donors (Lipinski definition) is 0. The van der Waals surface area contributed by atoms with Gasteiger partial charge >= 0.3 is 0 Å². The Labute approximate surface area is 228 Å².